The quantitative estimate of drug-likeness (QED) is 0.689. The van der Waals surface area contributed by atoms with Crippen LogP contribution in [0.5, 0.6) is 0 Å². The van der Waals surface area contributed by atoms with Crippen molar-refractivity contribution in [3.63, 3.8) is 0 Å². The van der Waals surface area contributed by atoms with Gasteiger partial charge in [0.05, 0.1) is 37.0 Å². The summed E-state index contributed by atoms with van der Waals surface area (Å²) < 4.78 is 11.8. The van der Waals surface area contributed by atoms with Gasteiger partial charge in [0.15, 0.2) is 0 Å². The molecule has 0 unspecified atom stereocenters. The summed E-state index contributed by atoms with van der Waals surface area (Å²) in [5.41, 5.74) is 2.38. The summed E-state index contributed by atoms with van der Waals surface area (Å²) in [6.45, 7) is 4.19. The molecule has 2 aromatic heterocycles. The number of amides is 1. The Labute approximate surface area is 150 Å². The average Bonchev–Trinajstić information content (AvgIpc) is 3.29. The van der Waals surface area contributed by atoms with E-state index in [9.17, 15) is 9.59 Å². The first-order valence-electron chi connectivity index (χ1n) is 8.23. The Morgan fingerprint density at radius 2 is 2.00 bits per heavy atom. The molecule has 0 bridgehead atoms. The maximum atomic E-state index is 12.2. The number of rotatable bonds is 6. The molecule has 0 spiro atoms. The summed E-state index contributed by atoms with van der Waals surface area (Å²) in [5, 5.41) is 7.03. The van der Waals surface area contributed by atoms with E-state index in [1.54, 1.807) is 61.2 Å². The molecule has 1 N–H and O–H groups in total. The molecule has 26 heavy (non-hydrogen) atoms. The van der Waals surface area contributed by atoms with Gasteiger partial charge in [0.25, 0.3) is 5.91 Å². The van der Waals surface area contributed by atoms with E-state index in [0.717, 1.165) is 5.69 Å². The molecule has 1 aromatic carbocycles. The maximum Gasteiger partial charge on any atom is 0.341 e. The lowest BCUT2D eigenvalue weighted by Crippen LogP contribution is -2.22. The molecule has 0 atom stereocenters. The molecule has 0 aliphatic rings. The minimum atomic E-state index is -0.398. The number of benzene rings is 1. The van der Waals surface area contributed by atoms with Crippen LogP contribution < -0.4 is 5.32 Å². The Balaban J connectivity index is 1.71. The van der Waals surface area contributed by atoms with E-state index < -0.39 is 5.97 Å². The zero-order valence-corrected chi connectivity index (χ0v) is 14.6. The van der Waals surface area contributed by atoms with Crippen LogP contribution in [-0.4, -0.2) is 28.3 Å². The van der Waals surface area contributed by atoms with Crippen molar-refractivity contribution in [1.82, 2.24) is 15.1 Å². The van der Waals surface area contributed by atoms with Crippen LogP contribution in [0.2, 0.25) is 0 Å². The smallest absolute Gasteiger partial charge is 0.341 e. The van der Waals surface area contributed by atoms with E-state index in [-0.39, 0.29) is 5.91 Å². The van der Waals surface area contributed by atoms with Crippen LogP contribution in [0.15, 0.2) is 53.3 Å². The van der Waals surface area contributed by atoms with Gasteiger partial charge in [-0.25, -0.2) is 9.48 Å². The van der Waals surface area contributed by atoms with Crippen LogP contribution in [0.4, 0.5) is 0 Å². The second kappa shape index (κ2) is 7.69. The summed E-state index contributed by atoms with van der Waals surface area (Å²) in [5.74, 6) is 0.0937. The predicted molar refractivity (Wildman–Crippen MR) is 94.1 cm³/mol. The number of nitrogens with one attached hydrogen (secondary N) is 1. The van der Waals surface area contributed by atoms with Gasteiger partial charge in [-0.3, -0.25) is 4.79 Å². The highest BCUT2D eigenvalue weighted by molar-refractivity contribution is 5.94. The fourth-order valence-electron chi connectivity index (χ4n) is 2.52. The lowest BCUT2D eigenvalue weighted by atomic mass is 10.2. The third-order valence-corrected chi connectivity index (χ3v) is 3.88. The first kappa shape index (κ1) is 17.5. The van der Waals surface area contributed by atoms with E-state index in [0.29, 0.717) is 35.7 Å². The fraction of sp³-hybridized carbons (Fsp3) is 0.211. The molecule has 134 valence electrons. The molecule has 0 radical (unpaired) electrons. The van der Waals surface area contributed by atoms with Crippen molar-refractivity contribution >= 4 is 11.9 Å². The molecule has 7 heteroatoms. The molecule has 2 heterocycles. The van der Waals surface area contributed by atoms with Crippen molar-refractivity contribution in [2.75, 3.05) is 6.61 Å². The van der Waals surface area contributed by atoms with Crippen LogP contribution in [-0.2, 0) is 11.3 Å². The van der Waals surface area contributed by atoms with E-state index in [2.05, 4.69) is 10.4 Å². The third kappa shape index (κ3) is 3.66. The Morgan fingerprint density at radius 1 is 1.23 bits per heavy atom. The number of nitrogens with zero attached hydrogens (tertiary/aromatic N) is 2. The average molecular weight is 353 g/mol. The van der Waals surface area contributed by atoms with Crippen molar-refractivity contribution in [3.05, 3.63) is 71.4 Å². The molecule has 3 rings (SSSR count). The van der Waals surface area contributed by atoms with Crippen molar-refractivity contribution in [2.45, 2.75) is 20.4 Å². The van der Waals surface area contributed by atoms with E-state index >= 15 is 0 Å². The largest absolute Gasteiger partial charge is 0.467 e. The fourth-order valence-corrected chi connectivity index (χ4v) is 2.52. The zero-order valence-electron chi connectivity index (χ0n) is 14.6. The molecule has 1 amide bonds. The SMILES string of the molecule is CCOC(=O)c1cnn(-c2ccc(C(=O)NCc3ccco3)cc2)c1C. The van der Waals surface area contributed by atoms with E-state index in [1.807, 2.05) is 0 Å². The highest BCUT2D eigenvalue weighted by atomic mass is 16.5. The third-order valence-electron chi connectivity index (χ3n) is 3.88. The number of furan rings is 1. The lowest BCUT2D eigenvalue weighted by Gasteiger charge is -2.07. The standard InChI is InChI=1S/C19H19N3O4/c1-3-25-19(24)17-12-21-22(13(17)2)15-8-6-14(7-9-15)18(23)20-11-16-5-4-10-26-16/h4-10,12H,3,11H2,1-2H3,(H,20,23). The van der Waals surface area contributed by atoms with Gasteiger partial charge in [-0.1, -0.05) is 0 Å². The second-order valence-electron chi connectivity index (χ2n) is 5.58. The van der Waals surface area contributed by atoms with Gasteiger partial charge in [-0.15, -0.1) is 0 Å². The van der Waals surface area contributed by atoms with Gasteiger partial charge in [0.1, 0.15) is 11.3 Å². The second-order valence-corrected chi connectivity index (χ2v) is 5.58. The Hall–Kier alpha value is -3.35. The highest BCUT2D eigenvalue weighted by Crippen LogP contribution is 2.16. The van der Waals surface area contributed by atoms with Crippen LogP contribution in [0.1, 0.15) is 39.1 Å². The van der Waals surface area contributed by atoms with Crippen molar-refractivity contribution in [2.24, 2.45) is 0 Å². The van der Waals surface area contributed by atoms with E-state index in [4.69, 9.17) is 9.15 Å². The highest BCUT2D eigenvalue weighted by Gasteiger charge is 2.16. The van der Waals surface area contributed by atoms with Gasteiger partial charge in [0, 0.05) is 5.56 Å². The number of carbonyl (C=O) groups is 2. The first-order valence-corrected chi connectivity index (χ1v) is 8.23. The molecule has 0 aliphatic carbocycles. The van der Waals surface area contributed by atoms with Gasteiger partial charge >= 0.3 is 5.97 Å². The van der Waals surface area contributed by atoms with Gasteiger partial charge in [-0.2, -0.15) is 5.10 Å². The summed E-state index contributed by atoms with van der Waals surface area (Å²) in [6.07, 6.45) is 3.05. The van der Waals surface area contributed by atoms with Crippen LogP contribution in [0.3, 0.4) is 0 Å². The van der Waals surface area contributed by atoms with E-state index in [1.165, 1.54) is 6.20 Å². The minimum Gasteiger partial charge on any atom is -0.467 e. The van der Waals surface area contributed by atoms with Gasteiger partial charge < -0.3 is 14.5 Å². The molecular formula is C19H19N3O4. The number of aromatic nitrogens is 2. The summed E-state index contributed by atoms with van der Waals surface area (Å²) in [6, 6.07) is 10.5. The van der Waals surface area contributed by atoms with Gasteiger partial charge in [-0.05, 0) is 50.2 Å². The molecular weight excluding hydrogens is 334 g/mol. The minimum absolute atomic E-state index is 0.197. The van der Waals surface area contributed by atoms with Crippen molar-refractivity contribution < 1.29 is 18.7 Å². The molecule has 0 saturated heterocycles. The molecule has 3 aromatic rings. The van der Waals surface area contributed by atoms with Crippen LogP contribution >= 0.6 is 0 Å². The molecule has 0 aliphatic heterocycles. The van der Waals surface area contributed by atoms with Crippen molar-refractivity contribution in [1.29, 1.82) is 0 Å². The summed E-state index contributed by atoms with van der Waals surface area (Å²) in [7, 11) is 0. The summed E-state index contributed by atoms with van der Waals surface area (Å²) >= 11 is 0. The number of esters is 1. The van der Waals surface area contributed by atoms with Crippen LogP contribution in [0, 0.1) is 6.92 Å². The Morgan fingerprint density at radius 3 is 2.65 bits per heavy atom. The maximum absolute atomic E-state index is 12.2. The summed E-state index contributed by atoms with van der Waals surface area (Å²) in [4.78, 5) is 24.1. The monoisotopic (exact) mass is 353 g/mol. The predicted octanol–water partition coefficient (Wildman–Crippen LogP) is 2.88. The number of carbonyl (C=O) groups excluding carboxylic acids is 2. The Kier molecular flexibility index (Phi) is 5.17. The number of hydrogen-bond donors (Lipinski definition) is 1. The van der Waals surface area contributed by atoms with Crippen LogP contribution in [0.25, 0.3) is 5.69 Å². The zero-order chi connectivity index (χ0) is 18.5. The van der Waals surface area contributed by atoms with Gasteiger partial charge in [0.2, 0.25) is 0 Å². The molecule has 0 saturated carbocycles. The Bertz CT molecular complexity index is 896. The molecule has 0 fully saturated rings. The number of ether oxygens (including phenoxy) is 1. The lowest BCUT2D eigenvalue weighted by molar-refractivity contribution is 0.0525. The molecule has 7 nitrogen and oxygen atoms in total. The number of hydrogen-bond acceptors (Lipinski definition) is 5. The topological polar surface area (TPSA) is 86.4 Å². The normalized spacial score (nSPS) is 10.5. The first-order chi connectivity index (χ1) is 12.6. The van der Waals surface area contributed by atoms with Crippen molar-refractivity contribution in [3.8, 4) is 5.69 Å².